The van der Waals surface area contributed by atoms with Crippen LogP contribution in [0.15, 0.2) is 23.1 Å². The van der Waals surface area contributed by atoms with Crippen LogP contribution in [0.1, 0.15) is 11.1 Å². The minimum atomic E-state index is -0.274. The first-order valence-electron chi connectivity index (χ1n) is 5.40. The molecule has 5 nitrogen and oxygen atoms in total. The standard InChI is InChI=1S/C12H14N4O/c1-15(2)6-4-9-7-10-3-5-14-16(10)12(17)11(9)8-13/h3,5,7,14H,4,6H2,1-2H3. The summed E-state index contributed by atoms with van der Waals surface area (Å²) < 4.78 is 1.39. The van der Waals surface area contributed by atoms with E-state index in [2.05, 4.69) is 5.10 Å². The quantitative estimate of drug-likeness (QED) is 0.840. The summed E-state index contributed by atoms with van der Waals surface area (Å²) in [6.07, 6.45) is 2.39. The number of aromatic nitrogens is 2. The Morgan fingerprint density at radius 1 is 1.53 bits per heavy atom. The van der Waals surface area contributed by atoms with E-state index >= 15 is 0 Å². The molecular weight excluding hydrogens is 216 g/mol. The average molecular weight is 230 g/mol. The van der Waals surface area contributed by atoms with Gasteiger partial charge in [-0.25, -0.2) is 4.52 Å². The number of H-pyrrole nitrogens is 1. The molecule has 0 radical (unpaired) electrons. The minimum Gasteiger partial charge on any atom is -0.309 e. The van der Waals surface area contributed by atoms with Crippen LogP contribution in [-0.2, 0) is 6.42 Å². The summed E-state index contributed by atoms with van der Waals surface area (Å²) in [6.45, 7) is 0.814. The van der Waals surface area contributed by atoms with Crippen molar-refractivity contribution in [2.24, 2.45) is 0 Å². The van der Waals surface area contributed by atoms with Gasteiger partial charge in [-0.3, -0.25) is 9.89 Å². The second kappa shape index (κ2) is 4.44. The third-order valence-corrected chi connectivity index (χ3v) is 2.72. The lowest BCUT2D eigenvalue weighted by molar-refractivity contribution is 0.413. The van der Waals surface area contributed by atoms with Gasteiger partial charge in [0.2, 0.25) is 0 Å². The predicted molar refractivity (Wildman–Crippen MR) is 65.0 cm³/mol. The number of nitriles is 1. The number of aromatic amines is 1. The molecule has 2 rings (SSSR count). The molecule has 0 fully saturated rings. The summed E-state index contributed by atoms with van der Waals surface area (Å²) >= 11 is 0. The Balaban J connectivity index is 2.54. The first-order valence-corrected chi connectivity index (χ1v) is 5.40. The van der Waals surface area contributed by atoms with Crippen molar-refractivity contribution in [2.45, 2.75) is 6.42 Å². The molecule has 1 N–H and O–H groups in total. The van der Waals surface area contributed by atoms with Crippen molar-refractivity contribution >= 4 is 5.52 Å². The molecule has 2 heterocycles. The van der Waals surface area contributed by atoms with Gasteiger partial charge in [0.1, 0.15) is 11.6 Å². The monoisotopic (exact) mass is 230 g/mol. The third kappa shape index (κ3) is 2.08. The summed E-state index contributed by atoms with van der Waals surface area (Å²) in [6, 6.07) is 5.71. The van der Waals surface area contributed by atoms with E-state index in [-0.39, 0.29) is 11.1 Å². The zero-order chi connectivity index (χ0) is 12.4. The Kier molecular flexibility index (Phi) is 2.98. The topological polar surface area (TPSA) is 64.3 Å². The maximum Gasteiger partial charge on any atom is 0.287 e. The lowest BCUT2D eigenvalue weighted by Crippen LogP contribution is -2.22. The molecular formula is C12H14N4O. The molecule has 0 aliphatic heterocycles. The van der Waals surface area contributed by atoms with Gasteiger partial charge in [0.15, 0.2) is 0 Å². The summed E-state index contributed by atoms with van der Waals surface area (Å²) in [5.41, 5.74) is 1.56. The molecule has 5 heteroatoms. The van der Waals surface area contributed by atoms with Crippen LogP contribution in [-0.4, -0.2) is 35.2 Å². The van der Waals surface area contributed by atoms with Crippen LogP contribution in [0.2, 0.25) is 0 Å². The molecule has 88 valence electrons. The fourth-order valence-corrected chi connectivity index (χ4v) is 1.80. The number of fused-ring (bicyclic) bond motifs is 1. The summed E-state index contributed by atoms with van der Waals surface area (Å²) in [5, 5.41) is 11.9. The smallest absolute Gasteiger partial charge is 0.287 e. The van der Waals surface area contributed by atoms with E-state index < -0.39 is 0 Å². The van der Waals surface area contributed by atoms with Crippen LogP contribution in [0.4, 0.5) is 0 Å². The molecule has 0 amide bonds. The van der Waals surface area contributed by atoms with E-state index in [1.165, 1.54) is 4.52 Å². The second-order valence-electron chi connectivity index (χ2n) is 4.24. The lowest BCUT2D eigenvalue weighted by Gasteiger charge is -2.10. The predicted octanol–water partition coefficient (Wildman–Crippen LogP) is 0.603. The lowest BCUT2D eigenvalue weighted by atomic mass is 10.1. The Bertz CT molecular complexity index is 630. The molecule has 0 aromatic carbocycles. The number of nitrogens with zero attached hydrogens (tertiary/aromatic N) is 3. The van der Waals surface area contributed by atoms with Gasteiger partial charge in [0.05, 0.1) is 5.52 Å². The minimum absolute atomic E-state index is 0.229. The van der Waals surface area contributed by atoms with Crippen LogP contribution in [0.5, 0.6) is 0 Å². The number of likely N-dealkylation sites (N-methyl/N-ethyl adjacent to an activating group) is 1. The highest BCUT2D eigenvalue weighted by molar-refractivity contribution is 5.52. The van der Waals surface area contributed by atoms with Crippen molar-refractivity contribution in [1.29, 1.82) is 5.26 Å². The van der Waals surface area contributed by atoms with Crippen molar-refractivity contribution in [3.8, 4) is 6.07 Å². The zero-order valence-electron chi connectivity index (χ0n) is 9.90. The normalized spacial score (nSPS) is 10.9. The van der Waals surface area contributed by atoms with E-state index in [0.717, 1.165) is 17.6 Å². The van der Waals surface area contributed by atoms with Crippen molar-refractivity contribution < 1.29 is 0 Å². The van der Waals surface area contributed by atoms with E-state index in [1.807, 2.05) is 37.2 Å². The van der Waals surface area contributed by atoms with E-state index in [1.54, 1.807) is 6.20 Å². The fraction of sp³-hybridized carbons (Fsp3) is 0.333. The van der Waals surface area contributed by atoms with Gasteiger partial charge < -0.3 is 4.90 Å². The third-order valence-electron chi connectivity index (χ3n) is 2.72. The molecule has 0 spiro atoms. The average Bonchev–Trinajstić information content (AvgIpc) is 2.74. The highest BCUT2D eigenvalue weighted by Gasteiger charge is 2.11. The first kappa shape index (κ1) is 11.4. The molecule has 0 aliphatic carbocycles. The Morgan fingerprint density at radius 2 is 2.29 bits per heavy atom. The van der Waals surface area contributed by atoms with E-state index in [4.69, 9.17) is 5.26 Å². The van der Waals surface area contributed by atoms with E-state index in [0.29, 0.717) is 6.42 Å². The van der Waals surface area contributed by atoms with Crippen molar-refractivity contribution in [3.63, 3.8) is 0 Å². The van der Waals surface area contributed by atoms with Gasteiger partial charge >= 0.3 is 0 Å². The largest absolute Gasteiger partial charge is 0.309 e. The highest BCUT2D eigenvalue weighted by Crippen LogP contribution is 2.09. The van der Waals surface area contributed by atoms with Gasteiger partial charge in [0, 0.05) is 12.7 Å². The van der Waals surface area contributed by atoms with E-state index in [9.17, 15) is 4.79 Å². The van der Waals surface area contributed by atoms with Crippen LogP contribution >= 0.6 is 0 Å². The van der Waals surface area contributed by atoms with Crippen LogP contribution < -0.4 is 5.56 Å². The molecule has 0 bridgehead atoms. The van der Waals surface area contributed by atoms with Gasteiger partial charge in [-0.2, -0.15) is 5.26 Å². The SMILES string of the molecule is CN(C)CCc1cc2cc[nH]n2c(=O)c1C#N. The molecule has 2 aromatic rings. The molecule has 17 heavy (non-hydrogen) atoms. The van der Waals surface area contributed by atoms with Crippen molar-refractivity contribution in [2.75, 3.05) is 20.6 Å². The summed E-state index contributed by atoms with van der Waals surface area (Å²) in [5.74, 6) is 0. The first-order chi connectivity index (χ1) is 8.13. The molecule has 0 saturated heterocycles. The van der Waals surface area contributed by atoms with Crippen LogP contribution in [0.3, 0.4) is 0 Å². The van der Waals surface area contributed by atoms with Gasteiger partial charge in [0.25, 0.3) is 5.56 Å². The summed E-state index contributed by atoms with van der Waals surface area (Å²) in [7, 11) is 3.93. The fourth-order valence-electron chi connectivity index (χ4n) is 1.80. The molecule has 0 unspecified atom stereocenters. The second-order valence-corrected chi connectivity index (χ2v) is 4.24. The van der Waals surface area contributed by atoms with Gasteiger partial charge in [-0.1, -0.05) is 0 Å². The zero-order valence-corrected chi connectivity index (χ0v) is 9.90. The Hall–Kier alpha value is -2.06. The number of pyridine rings is 1. The molecule has 0 aliphatic rings. The van der Waals surface area contributed by atoms with Gasteiger partial charge in [-0.05, 0) is 38.2 Å². The van der Waals surface area contributed by atoms with Gasteiger partial charge in [-0.15, -0.1) is 0 Å². The van der Waals surface area contributed by atoms with Crippen molar-refractivity contribution in [3.05, 3.63) is 39.8 Å². The molecule has 2 aromatic heterocycles. The van der Waals surface area contributed by atoms with Crippen LogP contribution in [0, 0.1) is 11.3 Å². The van der Waals surface area contributed by atoms with Crippen molar-refractivity contribution in [1.82, 2.24) is 14.5 Å². The maximum atomic E-state index is 12.0. The molecule has 0 atom stereocenters. The maximum absolute atomic E-state index is 12.0. The summed E-state index contributed by atoms with van der Waals surface area (Å²) in [4.78, 5) is 14.0. The number of nitrogens with one attached hydrogen (secondary N) is 1. The Morgan fingerprint density at radius 3 is 2.94 bits per heavy atom. The number of hydrogen-bond acceptors (Lipinski definition) is 3. The highest BCUT2D eigenvalue weighted by atomic mass is 16.1. The number of hydrogen-bond donors (Lipinski definition) is 1. The Labute approximate surface area is 98.9 Å². The molecule has 0 saturated carbocycles. The van der Waals surface area contributed by atoms with Crippen LogP contribution in [0.25, 0.3) is 5.52 Å². The number of rotatable bonds is 3.